The van der Waals surface area contributed by atoms with E-state index in [1.807, 2.05) is 24.3 Å². The second-order valence-corrected chi connectivity index (χ2v) is 8.20. The Hall–Kier alpha value is -2.70. The average molecular weight is 514 g/mol. The van der Waals surface area contributed by atoms with Gasteiger partial charge in [0.05, 0.1) is 5.56 Å². The highest BCUT2D eigenvalue weighted by Gasteiger charge is 2.27. The standard InChI is InChI=1S/C23H14Br2O4/c24-16-5-1-14(2-6-16)11-22-23(27)19-10-9-18(12-21(19)29-22)28-13-20(26)15-3-7-17(25)8-4-15/h1-12H,13H2/b22-11-. The molecule has 0 N–H and O–H groups in total. The number of allylic oxidation sites excluding steroid dienone is 1. The Morgan fingerprint density at radius 2 is 1.59 bits per heavy atom. The van der Waals surface area contributed by atoms with Crippen LogP contribution in [0.15, 0.2) is 81.4 Å². The highest BCUT2D eigenvalue weighted by Crippen LogP contribution is 2.35. The molecule has 0 radical (unpaired) electrons. The number of Topliss-reactive ketones (excluding diaryl/α,β-unsaturated/α-hetero) is 2. The van der Waals surface area contributed by atoms with Gasteiger partial charge >= 0.3 is 0 Å². The summed E-state index contributed by atoms with van der Waals surface area (Å²) >= 11 is 6.73. The van der Waals surface area contributed by atoms with Crippen molar-refractivity contribution in [3.05, 3.63) is 98.1 Å². The molecule has 0 saturated carbocycles. The fourth-order valence-corrected chi connectivity index (χ4v) is 3.36. The SMILES string of the molecule is O=C(COc1ccc2c(c1)O/C(=C\c1ccc(Br)cc1)C2=O)c1ccc(Br)cc1. The zero-order chi connectivity index (χ0) is 20.4. The molecule has 1 aliphatic heterocycles. The third kappa shape index (κ3) is 4.49. The smallest absolute Gasteiger partial charge is 0.231 e. The molecule has 6 heteroatoms. The van der Waals surface area contributed by atoms with Gasteiger partial charge in [0.2, 0.25) is 5.78 Å². The lowest BCUT2D eigenvalue weighted by Gasteiger charge is -2.07. The van der Waals surface area contributed by atoms with E-state index in [-0.39, 0.29) is 23.9 Å². The Morgan fingerprint density at radius 1 is 0.931 bits per heavy atom. The second kappa shape index (κ2) is 8.35. The van der Waals surface area contributed by atoms with Gasteiger partial charge in [-0.1, -0.05) is 56.1 Å². The van der Waals surface area contributed by atoms with Gasteiger partial charge in [0.15, 0.2) is 18.1 Å². The molecule has 0 aromatic heterocycles. The molecule has 4 rings (SSSR count). The number of carbonyl (C=O) groups excluding carboxylic acids is 2. The van der Waals surface area contributed by atoms with Gasteiger partial charge in [-0.3, -0.25) is 9.59 Å². The van der Waals surface area contributed by atoms with E-state index in [1.54, 1.807) is 48.5 Å². The zero-order valence-corrected chi connectivity index (χ0v) is 18.2. The summed E-state index contributed by atoms with van der Waals surface area (Å²) in [5, 5.41) is 0. The van der Waals surface area contributed by atoms with Gasteiger partial charge in [0.1, 0.15) is 11.5 Å². The summed E-state index contributed by atoms with van der Waals surface area (Å²) < 4.78 is 13.2. The first-order valence-electron chi connectivity index (χ1n) is 8.75. The molecule has 0 amide bonds. The molecule has 3 aromatic rings. The topological polar surface area (TPSA) is 52.6 Å². The maximum atomic E-state index is 12.6. The predicted molar refractivity (Wildman–Crippen MR) is 117 cm³/mol. The Labute approximate surface area is 184 Å². The minimum absolute atomic E-state index is 0.101. The summed E-state index contributed by atoms with van der Waals surface area (Å²) in [6, 6.07) is 19.6. The maximum Gasteiger partial charge on any atom is 0.231 e. The first kappa shape index (κ1) is 19.6. The van der Waals surface area contributed by atoms with Crippen LogP contribution >= 0.6 is 31.9 Å². The number of hydrogen-bond donors (Lipinski definition) is 0. The predicted octanol–water partition coefficient (Wildman–Crippen LogP) is 6.09. The number of carbonyl (C=O) groups is 2. The highest BCUT2D eigenvalue weighted by atomic mass is 79.9. The normalized spacial score (nSPS) is 13.9. The fourth-order valence-electron chi connectivity index (χ4n) is 2.84. The molecule has 0 unspecified atom stereocenters. The van der Waals surface area contributed by atoms with Crippen molar-refractivity contribution in [2.45, 2.75) is 0 Å². The molecule has 1 heterocycles. The van der Waals surface area contributed by atoms with Gasteiger partial charge in [0, 0.05) is 20.6 Å². The Kier molecular flexibility index (Phi) is 5.65. The summed E-state index contributed by atoms with van der Waals surface area (Å²) in [6.07, 6.45) is 1.70. The third-order valence-corrected chi connectivity index (χ3v) is 5.40. The van der Waals surface area contributed by atoms with E-state index in [0.717, 1.165) is 14.5 Å². The lowest BCUT2D eigenvalue weighted by atomic mass is 10.1. The molecule has 0 aliphatic carbocycles. The summed E-state index contributed by atoms with van der Waals surface area (Å²) in [7, 11) is 0. The van der Waals surface area contributed by atoms with Crippen molar-refractivity contribution in [3.63, 3.8) is 0 Å². The monoisotopic (exact) mass is 512 g/mol. The Morgan fingerprint density at radius 3 is 2.28 bits per heavy atom. The maximum absolute atomic E-state index is 12.6. The van der Waals surface area contributed by atoms with Crippen LogP contribution in [0.1, 0.15) is 26.3 Å². The molecule has 0 atom stereocenters. The van der Waals surface area contributed by atoms with Crippen LogP contribution < -0.4 is 9.47 Å². The molecule has 0 saturated heterocycles. The molecule has 4 nitrogen and oxygen atoms in total. The van der Waals surface area contributed by atoms with Crippen LogP contribution in [0, 0.1) is 0 Å². The van der Waals surface area contributed by atoms with Crippen molar-refractivity contribution in [2.24, 2.45) is 0 Å². The van der Waals surface area contributed by atoms with Gasteiger partial charge in [-0.05, 0) is 48.0 Å². The molecule has 0 spiro atoms. The van der Waals surface area contributed by atoms with Gasteiger partial charge in [-0.15, -0.1) is 0 Å². The molecular weight excluding hydrogens is 500 g/mol. The first-order valence-corrected chi connectivity index (χ1v) is 10.3. The summed E-state index contributed by atoms with van der Waals surface area (Å²) in [4.78, 5) is 24.8. The minimum atomic E-state index is -0.180. The van der Waals surface area contributed by atoms with Gasteiger partial charge in [-0.25, -0.2) is 0 Å². The van der Waals surface area contributed by atoms with Crippen LogP contribution in [0.4, 0.5) is 0 Å². The quantitative estimate of drug-likeness (QED) is 0.306. The van der Waals surface area contributed by atoms with Gasteiger partial charge in [-0.2, -0.15) is 0 Å². The number of hydrogen-bond acceptors (Lipinski definition) is 4. The van der Waals surface area contributed by atoms with Gasteiger partial charge < -0.3 is 9.47 Å². The van der Waals surface area contributed by atoms with Crippen LogP contribution in [0.3, 0.4) is 0 Å². The minimum Gasteiger partial charge on any atom is -0.485 e. The first-order chi connectivity index (χ1) is 14.0. The number of fused-ring (bicyclic) bond motifs is 1. The number of benzene rings is 3. The van der Waals surface area contributed by atoms with Crippen molar-refractivity contribution in [1.29, 1.82) is 0 Å². The molecule has 0 bridgehead atoms. The largest absolute Gasteiger partial charge is 0.485 e. The number of halogens is 2. The summed E-state index contributed by atoms with van der Waals surface area (Å²) in [5.74, 6) is 0.829. The lowest BCUT2D eigenvalue weighted by Crippen LogP contribution is -2.11. The summed E-state index contributed by atoms with van der Waals surface area (Å²) in [6.45, 7) is -0.101. The number of ether oxygens (including phenoxy) is 2. The van der Waals surface area contributed by atoms with Crippen molar-refractivity contribution in [1.82, 2.24) is 0 Å². The Balaban J connectivity index is 1.46. The second-order valence-electron chi connectivity index (χ2n) is 6.37. The van der Waals surface area contributed by atoms with Crippen LogP contribution in [0.25, 0.3) is 6.08 Å². The molecule has 1 aliphatic rings. The van der Waals surface area contributed by atoms with Crippen LogP contribution in [-0.2, 0) is 0 Å². The van der Waals surface area contributed by atoms with Crippen molar-refractivity contribution in [3.8, 4) is 11.5 Å². The van der Waals surface area contributed by atoms with Crippen molar-refractivity contribution >= 4 is 49.5 Å². The van der Waals surface area contributed by atoms with E-state index in [1.165, 1.54) is 0 Å². The number of ketones is 2. The van der Waals surface area contributed by atoms with E-state index in [2.05, 4.69) is 31.9 Å². The van der Waals surface area contributed by atoms with Crippen molar-refractivity contribution < 1.29 is 19.1 Å². The average Bonchev–Trinajstić information content (AvgIpc) is 3.03. The third-order valence-electron chi connectivity index (χ3n) is 4.35. The lowest BCUT2D eigenvalue weighted by molar-refractivity contribution is 0.0921. The van der Waals surface area contributed by atoms with E-state index < -0.39 is 0 Å². The Bertz CT molecular complexity index is 1120. The molecule has 3 aromatic carbocycles. The van der Waals surface area contributed by atoms with Crippen molar-refractivity contribution in [2.75, 3.05) is 6.61 Å². The summed E-state index contributed by atoms with van der Waals surface area (Å²) in [5.41, 5.74) is 1.90. The fraction of sp³-hybridized carbons (Fsp3) is 0.0435. The number of rotatable bonds is 5. The molecule has 0 fully saturated rings. The van der Waals surface area contributed by atoms with E-state index in [9.17, 15) is 9.59 Å². The molecular formula is C23H14Br2O4. The molecule has 144 valence electrons. The van der Waals surface area contributed by atoms with Gasteiger partial charge in [0.25, 0.3) is 0 Å². The van der Waals surface area contributed by atoms with E-state index in [0.29, 0.717) is 22.6 Å². The molecule has 29 heavy (non-hydrogen) atoms. The van der Waals surface area contributed by atoms with E-state index in [4.69, 9.17) is 9.47 Å². The zero-order valence-electron chi connectivity index (χ0n) is 15.0. The van der Waals surface area contributed by atoms with E-state index >= 15 is 0 Å². The highest BCUT2D eigenvalue weighted by molar-refractivity contribution is 9.10. The van der Waals surface area contributed by atoms with Crippen LogP contribution in [0.2, 0.25) is 0 Å². The van der Waals surface area contributed by atoms with Crippen LogP contribution in [-0.4, -0.2) is 18.2 Å². The van der Waals surface area contributed by atoms with Crippen LogP contribution in [0.5, 0.6) is 11.5 Å².